The van der Waals surface area contributed by atoms with Crippen molar-refractivity contribution in [3.05, 3.63) is 57.9 Å². The Kier molecular flexibility index (Phi) is 9.31. The highest BCUT2D eigenvalue weighted by molar-refractivity contribution is 7.10. The molecule has 5 rings (SSSR count). The number of aliphatic hydroxyl groups excluding tert-OH is 1. The minimum atomic E-state index is 0.00256. The van der Waals surface area contributed by atoms with Gasteiger partial charge in [-0.2, -0.15) is 0 Å². The third-order valence-electron chi connectivity index (χ3n) is 8.20. The van der Waals surface area contributed by atoms with E-state index in [1.807, 2.05) is 12.1 Å². The van der Waals surface area contributed by atoms with Crippen LogP contribution < -0.4 is 4.74 Å². The van der Waals surface area contributed by atoms with Crippen molar-refractivity contribution in [3.63, 3.8) is 0 Å². The van der Waals surface area contributed by atoms with Crippen LogP contribution in [0, 0.1) is 17.3 Å². The lowest BCUT2D eigenvalue weighted by Gasteiger charge is -2.40. The molecular weight excluding hydrogens is 494 g/mol. The van der Waals surface area contributed by atoms with E-state index >= 15 is 0 Å². The molecule has 38 heavy (non-hydrogen) atoms. The second-order valence-corrected chi connectivity index (χ2v) is 11.5. The Labute approximate surface area is 230 Å². The summed E-state index contributed by atoms with van der Waals surface area (Å²) in [6, 6.07) is 10.3. The summed E-state index contributed by atoms with van der Waals surface area (Å²) in [6.45, 7) is 7.44. The van der Waals surface area contributed by atoms with Gasteiger partial charge >= 0.3 is 0 Å². The van der Waals surface area contributed by atoms with Crippen LogP contribution in [0.15, 0.2) is 41.9 Å². The molecule has 0 atom stereocenters. The fraction of sp³-hybridized carbons (Fsp3) is 0.516. The molecule has 2 aromatic heterocycles. The first-order chi connectivity index (χ1) is 18.7. The summed E-state index contributed by atoms with van der Waals surface area (Å²) in [4.78, 5) is 10.8. The van der Waals surface area contributed by atoms with Gasteiger partial charge in [-0.15, -0.1) is 11.3 Å². The molecule has 0 radical (unpaired) electrons. The molecule has 202 valence electrons. The molecule has 1 N–H and O–H groups in total. The molecule has 0 bridgehead atoms. The minimum absolute atomic E-state index is 0.00256. The van der Waals surface area contributed by atoms with E-state index in [0.29, 0.717) is 0 Å². The van der Waals surface area contributed by atoms with Crippen molar-refractivity contribution in [1.82, 2.24) is 14.8 Å². The van der Waals surface area contributed by atoms with Gasteiger partial charge in [-0.3, -0.25) is 14.8 Å². The van der Waals surface area contributed by atoms with Crippen molar-refractivity contribution < 1.29 is 14.6 Å². The van der Waals surface area contributed by atoms with Crippen LogP contribution in [0.2, 0.25) is 0 Å². The van der Waals surface area contributed by atoms with Crippen molar-refractivity contribution in [3.8, 4) is 17.6 Å². The van der Waals surface area contributed by atoms with Gasteiger partial charge in [0.25, 0.3) is 0 Å². The molecule has 0 unspecified atom stereocenters. The highest BCUT2D eigenvalue weighted by atomic mass is 32.1. The lowest BCUT2D eigenvalue weighted by Crippen LogP contribution is -2.42. The second kappa shape index (κ2) is 13.1. The fourth-order valence-corrected chi connectivity index (χ4v) is 6.32. The number of ether oxygens (including phenoxy) is 2. The summed E-state index contributed by atoms with van der Waals surface area (Å²) in [5, 5.41) is 13.7. The Morgan fingerprint density at radius 2 is 1.97 bits per heavy atom. The number of aliphatic hydroxyl groups is 1. The van der Waals surface area contributed by atoms with Crippen LogP contribution >= 0.6 is 11.3 Å². The van der Waals surface area contributed by atoms with E-state index in [1.54, 1.807) is 18.4 Å². The standard InChI is InChI=1S/C31H39N3O3S/c1-36-26-8-9-30-29(21-26)28(25(22-32-30)23-34-16-18-37-19-17-34)7-2-10-31(24-35)11-14-33(15-12-31)13-3-5-27-6-4-20-38-27/h4,6,8-9,20-22,35H,2,7,10-19,23-24H2,1H3. The molecule has 2 aliphatic rings. The first-order valence-electron chi connectivity index (χ1n) is 13.8. The molecule has 0 amide bonds. The number of nitrogens with zero attached hydrogens (tertiary/aromatic N) is 3. The number of pyridine rings is 1. The van der Waals surface area contributed by atoms with Crippen LogP contribution in [0.3, 0.4) is 0 Å². The first kappa shape index (κ1) is 27.1. The third-order valence-corrected chi connectivity index (χ3v) is 8.98. The molecule has 2 saturated heterocycles. The highest BCUT2D eigenvalue weighted by Crippen LogP contribution is 2.37. The second-order valence-electron chi connectivity index (χ2n) is 10.6. The molecule has 2 aliphatic heterocycles. The monoisotopic (exact) mass is 533 g/mol. The van der Waals surface area contributed by atoms with Gasteiger partial charge in [0.2, 0.25) is 0 Å². The van der Waals surface area contributed by atoms with Crippen molar-refractivity contribution >= 4 is 22.2 Å². The lowest BCUT2D eigenvalue weighted by atomic mass is 9.75. The van der Waals surface area contributed by atoms with Crippen LogP contribution in [-0.2, 0) is 17.7 Å². The van der Waals surface area contributed by atoms with E-state index in [0.717, 1.165) is 101 Å². The molecule has 1 aromatic carbocycles. The van der Waals surface area contributed by atoms with E-state index in [-0.39, 0.29) is 12.0 Å². The zero-order chi connectivity index (χ0) is 26.2. The van der Waals surface area contributed by atoms with Gasteiger partial charge in [0.15, 0.2) is 0 Å². The number of aryl methyl sites for hydroxylation is 1. The van der Waals surface area contributed by atoms with Crippen molar-refractivity contribution in [2.45, 2.75) is 38.6 Å². The van der Waals surface area contributed by atoms with Gasteiger partial charge in [-0.1, -0.05) is 17.9 Å². The number of fused-ring (bicyclic) bond motifs is 1. The molecule has 0 aliphatic carbocycles. The number of rotatable bonds is 9. The van der Waals surface area contributed by atoms with Gasteiger partial charge < -0.3 is 14.6 Å². The zero-order valence-corrected chi connectivity index (χ0v) is 23.3. The summed E-state index contributed by atoms with van der Waals surface area (Å²) in [5.74, 6) is 7.46. The van der Waals surface area contributed by atoms with Crippen LogP contribution in [0.5, 0.6) is 5.75 Å². The quantitative estimate of drug-likeness (QED) is 0.406. The molecule has 2 fully saturated rings. The highest BCUT2D eigenvalue weighted by Gasteiger charge is 2.33. The van der Waals surface area contributed by atoms with E-state index in [4.69, 9.17) is 14.5 Å². The molecule has 0 spiro atoms. The lowest BCUT2D eigenvalue weighted by molar-refractivity contribution is 0.0339. The molecule has 6 nitrogen and oxygen atoms in total. The van der Waals surface area contributed by atoms with Gasteiger partial charge in [-0.05, 0) is 91.4 Å². The topological polar surface area (TPSA) is 58.1 Å². The van der Waals surface area contributed by atoms with Crippen LogP contribution in [0.25, 0.3) is 10.9 Å². The van der Waals surface area contributed by atoms with Crippen molar-refractivity contribution in [1.29, 1.82) is 0 Å². The summed E-state index contributed by atoms with van der Waals surface area (Å²) >= 11 is 1.69. The van der Waals surface area contributed by atoms with E-state index in [9.17, 15) is 5.11 Å². The van der Waals surface area contributed by atoms with Crippen molar-refractivity contribution in [2.24, 2.45) is 5.41 Å². The number of piperidine rings is 1. The number of likely N-dealkylation sites (tertiary alicyclic amines) is 1. The Morgan fingerprint density at radius 1 is 1.13 bits per heavy atom. The van der Waals surface area contributed by atoms with Gasteiger partial charge in [0, 0.05) is 37.8 Å². The van der Waals surface area contributed by atoms with Crippen LogP contribution in [0.4, 0.5) is 0 Å². The van der Waals surface area contributed by atoms with Crippen LogP contribution in [0.1, 0.15) is 41.7 Å². The molecule has 7 heteroatoms. The van der Waals surface area contributed by atoms with Gasteiger partial charge in [0.05, 0.1) is 37.3 Å². The fourth-order valence-electron chi connectivity index (χ4n) is 5.73. The first-order valence-corrected chi connectivity index (χ1v) is 14.7. The van der Waals surface area contributed by atoms with Crippen LogP contribution in [-0.4, -0.2) is 79.5 Å². The number of thiophene rings is 1. The number of aromatic nitrogens is 1. The van der Waals surface area contributed by atoms with E-state index in [2.05, 4.69) is 51.4 Å². The average Bonchev–Trinajstić information content (AvgIpc) is 3.49. The predicted molar refractivity (Wildman–Crippen MR) is 154 cm³/mol. The number of morpholine rings is 1. The average molecular weight is 534 g/mol. The van der Waals surface area contributed by atoms with E-state index in [1.165, 1.54) is 16.5 Å². The predicted octanol–water partition coefficient (Wildman–Crippen LogP) is 4.59. The number of hydrogen-bond acceptors (Lipinski definition) is 7. The summed E-state index contributed by atoms with van der Waals surface area (Å²) in [7, 11) is 1.72. The molecular formula is C31H39N3O3S. The SMILES string of the molecule is COc1ccc2ncc(CN3CCOCC3)c(CCCC3(CO)CCN(CC#Cc4cccs4)CC3)c2c1. The zero-order valence-electron chi connectivity index (χ0n) is 22.5. The smallest absolute Gasteiger partial charge is 0.119 e. The summed E-state index contributed by atoms with van der Waals surface area (Å²) in [5.41, 5.74) is 3.68. The largest absolute Gasteiger partial charge is 0.497 e. The normalized spacial score (nSPS) is 18.3. The Morgan fingerprint density at radius 3 is 2.71 bits per heavy atom. The maximum Gasteiger partial charge on any atom is 0.119 e. The molecule has 4 heterocycles. The maximum absolute atomic E-state index is 10.4. The number of hydrogen-bond donors (Lipinski definition) is 1. The number of benzene rings is 1. The van der Waals surface area contributed by atoms with E-state index < -0.39 is 0 Å². The van der Waals surface area contributed by atoms with Crippen molar-refractivity contribution in [2.75, 3.05) is 59.7 Å². The maximum atomic E-state index is 10.4. The van der Waals surface area contributed by atoms with Gasteiger partial charge in [0.1, 0.15) is 5.75 Å². The third kappa shape index (κ3) is 6.74. The Balaban J connectivity index is 1.24. The molecule has 0 saturated carbocycles. The summed E-state index contributed by atoms with van der Waals surface area (Å²) in [6.07, 6.45) is 7.17. The summed E-state index contributed by atoms with van der Waals surface area (Å²) < 4.78 is 11.1. The van der Waals surface area contributed by atoms with Gasteiger partial charge in [-0.25, -0.2) is 0 Å². The Bertz CT molecular complexity index is 1240. The molecule has 3 aromatic rings. The minimum Gasteiger partial charge on any atom is -0.497 e. The Hall–Kier alpha value is -2.47. The number of methoxy groups -OCH3 is 1.